The third-order valence-electron chi connectivity index (χ3n) is 2.73. The van der Waals surface area contributed by atoms with Gasteiger partial charge in [-0.3, -0.25) is 4.79 Å². The van der Waals surface area contributed by atoms with Gasteiger partial charge in [-0.25, -0.2) is 8.78 Å². The SMILES string of the molecule is CC(C(=O)O)c1ccccc1CCC(C)(F)F. The number of aryl methyl sites for hydroxylation is 1. The van der Waals surface area contributed by atoms with Gasteiger partial charge in [0.15, 0.2) is 0 Å². The van der Waals surface area contributed by atoms with Crippen LogP contribution in [0.5, 0.6) is 0 Å². The molecule has 2 nitrogen and oxygen atoms in total. The summed E-state index contributed by atoms with van der Waals surface area (Å²) >= 11 is 0. The molecule has 0 radical (unpaired) electrons. The van der Waals surface area contributed by atoms with Gasteiger partial charge in [-0.2, -0.15) is 0 Å². The maximum atomic E-state index is 12.8. The normalized spacial score (nSPS) is 13.4. The average molecular weight is 242 g/mol. The third-order valence-corrected chi connectivity index (χ3v) is 2.73. The van der Waals surface area contributed by atoms with Crippen LogP contribution in [0.1, 0.15) is 37.3 Å². The van der Waals surface area contributed by atoms with Crippen molar-refractivity contribution >= 4 is 5.97 Å². The highest BCUT2D eigenvalue weighted by Crippen LogP contribution is 2.25. The van der Waals surface area contributed by atoms with Gasteiger partial charge < -0.3 is 5.11 Å². The van der Waals surface area contributed by atoms with Crippen molar-refractivity contribution in [3.63, 3.8) is 0 Å². The molecule has 0 aliphatic rings. The minimum atomic E-state index is -2.72. The molecule has 0 saturated carbocycles. The molecule has 0 heterocycles. The van der Waals surface area contributed by atoms with Crippen molar-refractivity contribution in [2.24, 2.45) is 0 Å². The standard InChI is InChI=1S/C13H16F2O2/c1-9(12(16)17)11-6-4-3-5-10(11)7-8-13(2,14)15/h3-6,9H,7-8H2,1-2H3,(H,16,17). The van der Waals surface area contributed by atoms with Crippen molar-refractivity contribution in [3.8, 4) is 0 Å². The number of hydrogen-bond acceptors (Lipinski definition) is 1. The second kappa shape index (κ2) is 5.25. The zero-order valence-corrected chi connectivity index (χ0v) is 9.91. The fraction of sp³-hybridized carbons (Fsp3) is 0.462. The van der Waals surface area contributed by atoms with Crippen molar-refractivity contribution in [3.05, 3.63) is 35.4 Å². The Morgan fingerprint density at radius 2 is 2.00 bits per heavy atom. The molecular weight excluding hydrogens is 226 g/mol. The Bertz CT molecular complexity index is 397. The topological polar surface area (TPSA) is 37.3 Å². The molecule has 0 fully saturated rings. The number of carboxylic acids is 1. The predicted octanol–water partition coefficient (Wildman–Crippen LogP) is 3.46. The Kier molecular flexibility index (Phi) is 4.21. The van der Waals surface area contributed by atoms with Crippen molar-refractivity contribution in [2.75, 3.05) is 0 Å². The molecule has 1 unspecified atom stereocenters. The van der Waals surface area contributed by atoms with Gasteiger partial charge in [-0.15, -0.1) is 0 Å². The molecule has 0 aliphatic carbocycles. The van der Waals surface area contributed by atoms with E-state index in [1.165, 1.54) is 0 Å². The van der Waals surface area contributed by atoms with Crippen LogP contribution < -0.4 is 0 Å². The van der Waals surface area contributed by atoms with Crippen LogP contribution in [0.2, 0.25) is 0 Å². The second-order valence-corrected chi connectivity index (χ2v) is 4.33. The predicted molar refractivity (Wildman–Crippen MR) is 61.4 cm³/mol. The smallest absolute Gasteiger partial charge is 0.310 e. The van der Waals surface area contributed by atoms with Gasteiger partial charge in [0.1, 0.15) is 0 Å². The summed E-state index contributed by atoms with van der Waals surface area (Å²) < 4.78 is 25.6. The molecule has 4 heteroatoms. The summed E-state index contributed by atoms with van der Waals surface area (Å²) in [5.74, 6) is -4.34. The van der Waals surface area contributed by atoms with Crippen LogP contribution in [0.25, 0.3) is 0 Å². The molecule has 1 aromatic rings. The number of carboxylic acid groups (broad SMARTS) is 1. The lowest BCUT2D eigenvalue weighted by molar-refractivity contribution is -0.138. The Morgan fingerprint density at radius 3 is 2.53 bits per heavy atom. The summed E-state index contributed by atoms with van der Waals surface area (Å²) in [4.78, 5) is 10.9. The van der Waals surface area contributed by atoms with E-state index in [1.54, 1.807) is 31.2 Å². The van der Waals surface area contributed by atoms with Crippen LogP contribution in [0.15, 0.2) is 24.3 Å². The number of benzene rings is 1. The second-order valence-electron chi connectivity index (χ2n) is 4.33. The van der Waals surface area contributed by atoms with E-state index in [0.717, 1.165) is 6.92 Å². The molecule has 0 bridgehead atoms. The van der Waals surface area contributed by atoms with E-state index in [1.807, 2.05) is 0 Å². The molecule has 0 spiro atoms. The van der Waals surface area contributed by atoms with E-state index in [0.29, 0.717) is 11.1 Å². The van der Waals surface area contributed by atoms with Crippen molar-refractivity contribution < 1.29 is 18.7 Å². The quantitative estimate of drug-likeness (QED) is 0.858. The summed E-state index contributed by atoms with van der Waals surface area (Å²) in [6.07, 6.45) is -0.0757. The number of alkyl halides is 2. The van der Waals surface area contributed by atoms with E-state index in [9.17, 15) is 13.6 Å². The molecule has 0 saturated heterocycles. The van der Waals surface area contributed by atoms with Crippen LogP contribution >= 0.6 is 0 Å². The first-order valence-corrected chi connectivity index (χ1v) is 5.49. The molecule has 0 amide bonds. The highest BCUT2D eigenvalue weighted by atomic mass is 19.3. The highest BCUT2D eigenvalue weighted by molar-refractivity contribution is 5.76. The minimum absolute atomic E-state index is 0.192. The molecule has 0 aromatic heterocycles. The first-order valence-electron chi connectivity index (χ1n) is 5.49. The molecule has 1 atom stereocenters. The van der Waals surface area contributed by atoms with Gasteiger partial charge in [-0.05, 0) is 31.4 Å². The van der Waals surface area contributed by atoms with E-state index in [-0.39, 0.29) is 12.8 Å². The fourth-order valence-electron chi connectivity index (χ4n) is 1.67. The number of rotatable bonds is 5. The largest absolute Gasteiger partial charge is 0.481 e. The summed E-state index contributed by atoms with van der Waals surface area (Å²) in [7, 11) is 0. The number of hydrogen-bond donors (Lipinski definition) is 1. The van der Waals surface area contributed by atoms with E-state index in [4.69, 9.17) is 5.11 Å². The molecule has 94 valence electrons. The zero-order chi connectivity index (χ0) is 13.1. The van der Waals surface area contributed by atoms with E-state index >= 15 is 0 Å². The van der Waals surface area contributed by atoms with Crippen molar-refractivity contribution in [1.29, 1.82) is 0 Å². The highest BCUT2D eigenvalue weighted by Gasteiger charge is 2.23. The van der Waals surface area contributed by atoms with Gasteiger partial charge in [0.2, 0.25) is 5.92 Å². The Hall–Kier alpha value is -1.45. The van der Waals surface area contributed by atoms with Crippen LogP contribution in [-0.4, -0.2) is 17.0 Å². The maximum absolute atomic E-state index is 12.8. The van der Waals surface area contributed by atoms with Gasteiger partial charge in [0.25, 0.3) is 0 Å². The first-order chi connectivity index (χ1) is 7.81. The molecule has 17 heavy (non-hydrogen) atoms. The third kappa shape index (κ3) is 4.13. The van der Waals surface area contributed by atoms with Crippen LogP contribution in [0.3, 0.4) is 0 Å². The van der Waals surface area contributed by atoms with E-state index < -0.39 is 17.8 Å². The number of halogens is 2. The lowest BCUT2D eigenvalue weighted by Gasteiger charge is -2.15. The van der Waals surface area contributed by atoms with Crippen LogP contribution in [0, 0.1) is 0 Å². The zero-order valence-electron chi connectivity index (χ0n) is 9.91. The number of carbonyl (C=O) groups is 1. The lowest BCUT2D eigenvalue weighted by Crippen LogP contribution is -2.14. The average Bonchev–Trinajstić information content (AvgIpc) is 2.24. The van der Waals surface area contributed by atoms with Gasteiger partial charge in [-0.1, -0.05) is 24.3 Å². The Balaban J connectivity index is 2.89. The van der Waals surface area contributed by atoms with Crippen LogP contribution in [0.4, 0.5) is 8.78 Å². The van der Waals surface area contributed by atoms with E-state index in [2.05, 4.69) is 0 Å². The molecule has 1 rings (SSSR count). The Labute approximate surface area is 99.3 Å². The number of aliphatic carboxylic acids is 1. The molecule has 1 N–H and O–H groups in total. The van der Waals surface area contributed by atoms with Gasteiger partial charge in [0, 0.05) is 6.42 Å². The maximum Gasteiger partial charge on any atom is 0.310 e. The molecule has 1 aromatic carbocycles. The summed E-state index contributed by atoms with van der Waals surface area (Å²) in [5.41, 5.74) is 1.30. The molecule has 0 aliphatic heterocycles. The fourth-order valence-corrected chi connectivity index (χ4v) is 1.67. The van der Waals surface area contributed by atoms with Crippen molar-refractivity contribution in [2.45, 2.75) is 38.5 Å². The summed E-state index contributed by atoms with van der Waals surface area (Å²) in [6.45, 7) is 2.43. The van der Waals surface area contributed by atoms with Crippen LogP contribution in [-0.2, 0) is 11.2 Å². The lowest BCUT2D eigenvalue weighted by atomic mass is 9.92. The molecular formula is C13H16F2O2. The summed E-state index contributed by atoms with van der Waals surface area (Å²) in [5, 5.41) is 8.94. The van der Waals surface area contributed by atoms with Gasteiger partial charge >= 0.3 is 5.97 Å². The minimum Gasteiger partial charge on any atom is -0.481 e. The monoisotopic (exact) mass is 242 g/mol. The van der Waals surface area contributed by atoms with Crippen molar-refractivity contribution in [1.82, 2.24) is 0 Å². The Morgan fingerprint density at radius 1 is 1.41 bits per heavy atom. The summed E-state index contributed by atoms with van der Waals surface area (Å²) in [6, 6.07) is 6.85. The first kappa shape index (κ1) is 13.6. The van der Waals surface area contributed by atoms with Gasteiger partial charge in [0.05, 0.1) is 5.92 Å².